The van der Waals surface area contributed by atoms with Crippen molar-refractivity contribution in [2.24, 2.45) is 0 Å². The number of anilines is 1. The quantitative estimate of drug-likeness (QED) is 0.805. The van der Waals surface area contributed by atoms with E-state index in [4.69, 9.17) is 10.5 Å². The van der Waals surface area contributed by atoms with Gasteiger partial charge in [-0.05, 0) is 13.8 Å². The van der Waals surface area contributed by atoms with Crippen molar-refractivity contribution in [1.82, 2.24) is 9.97 Å². The van der Waals surface area contributed by atoms with Crippen LogP contribution in [0.4, 0.5) is 5.69 Å². The Morgan fingerprint density at radius 3 is 3.06 bits per heavy atom. The van der Waals surface area contributed by atoms with Gasteiger partial charge in [-0.25, -0.2) is 14.8 Å². The van der Waals surface area contributed by atoms with Crippen LogP contribution in [0.25, 0.3) is 10.3 Å². The molecule has 0 atom stereocenters. The number of carbonyl (C=O) groups is 1. The molecule has 0 saturated heterocycles. The minimum atomic E-state index is -0.414. The van der Waals surface area contributed by atoms with Crippen molar-refractivity contribution in [1.29, 1.82) is 0 Å². The molecule has 2 rings (SSSR count). The van der Waals surface area contributed by atoms with Crippen LogP contribution in [-0.2, 0) is 4.74 Å². The second kappa shape index (κ2) is 4.05. The molecular formula is C10H11N3O2S. The summed E-state index contributed by atoms with van der Waals surface area (Å²) < 4.78 is 4.90. The predicted molar refractivity (Wildman–Crippen MR) is 62.5 cm³/mol. The van der Waals surface area contributed by atoms with Gasteiger partial charge in [0.25, 0.3) is 0 Å². The van der Waals surface area contributed by atoms with Gasteiger partial charge in [0.1, 0.15) is 15.2 Å². The molecule has 0 fully saturated rings. The number of rotatable bonds is 2. The Labute approximate surface area is 96.3 Å². The number of esters is 1. The Morgan fingerprint density at radius 2 is 2.38 bits per heavy atom. The minimum absolute atomic E-state index is 0.326. The maximum Gasteiger partial charge on any atom is 0.350 e. The maximum absolute atomic E-state index is 11.6. The molecule has 0 amide bonds. The number of nitrogen functional groups attached to an aromatic ring is 1. The number of hydrogen-bond donors (Lipinski definition) is 1. The van der Waals surface area contributed by atoms with E-state index in [2.05, 4.69) is 9.97 Å². The zero-order valence-corrected chi connectivity index (χ0v) is 9.80. The van der Waals surface area contributed by atoms with Gasteiger partial charge in [-0.15, -0.1) is 11.3 Å². The summed E-state index contributed by atoms with van der Waals surface area (Å²) in [5.41, 5.74) is 7.54. The van der Waals surface area contributed by atoms with E-state index in [-0.39, 0.29) is 0 Å². The van der Waals surface area contributed by atoms with Crippen LogP contribution in [0, 0.1) is 6.92 Å². The number of nitrogens with zero attached hydrogens (tertiary/aromatic N) is 2. The molecule has 0 radical (unpaired) electrons. The molecule has 5 nitrogen and oxygen atoms in total. The molecule has 0 aromatic carbocycles. The molecule has 0 aliphatic carbocycles. The van der Waals surface area contributed by atoms with Crippen molar-refractivity contribution in [3.05, 3.63) is 16.8 Å². The number of nitrogens with two attached hydrogens (primary N) is 1. The Bertz CT molecular complexity index is 550. The molecule has 0 saturated carbocycles. The number of hydrogen-bond acceptors (Lipinski definition) is 6. The topological polar surface area (TPSA) is 78.1 Å². The highest BCUT2D eigenvalue weighted by molar-refractivity contribution is 7.21. The number of aryl methyl sites for hydroxylation is 1. The molecule has 2 aromatic heterocycles. The molecule has 16 heavy (non-hydrogen) atoms. The molecule has 0 aliphatic rings. The highest BCUT2D eigenvalue weighted by atomic mass is 32.1. The minimum Gasteiger partial charge on any atom is -0.462 e. The van der Waals surface area contributed by atoms with Crippen LogP contribution in [-0.4, -0.2) is 22.5 Å². The van der Waals surface area contributed by atoms with Gasteiger partial charge in [0.15, 0.2) is 0 Å². The number of carbonyl (C=O) groups excluding carboxylic acids is 1. The van der Waals surface area contributed by atoms with E-state index in [9.17, 15) is 4.79 Å². The SMILES string of the molecule is CCOC(=O)c1sc2nc(C)cnc2c1N. The van der Waals surface area contributed by atoms with Crippen molar-refractivity contribution in [3.8, 4) is 0 Å². The lowest BCUT2D eigenvalue weighted by Gasteiger charge is -1.98. The Hall–Kier alpha value is -1.69. The van der Waals surface area contributed by atoms with Gasteiger partial charge in [-0.3, -0.25) is 0 Å². The lowest BCUT2D eigenvalue weighted by Crippen LogP contribution is -2.04. The van der Waals surface area contributed by atoms with Crippen LogP contribution in [0.1, 0.15) is 22.3 Å². The molecule has 2 N–H and O–H groups in total. The fraction of sp³-hybridized carbons (Fsp3) is 0.300. The number of aromatic nitrogens is 2. The average molecular weight is 237 g/mol. The number of fused-ring (bicyclic) bond motifs is 1. The number of thiophene rings is 1. The average Bonchev–Trinajstić information content (AvgIpc) is 2.56. The molecular weight excluding hydrogens is 226 g/mol. The predicted octanol–water partition coefficient (Wildman–Crippen LogP) is 1.76. The first-order chi connectivity index (χ1) is 7.63. The lowest BCUT2D eigenvalue weighted by molar-refractivity contribution is 0.0533. The Balaban J connectivity index is 2.55. The lowest BCUT2D eigenvalue weighted by atomic mass is 10.3. The van der Waals surface area contributed by atoms with Crippen LogP contribution in [0.3, 0.4) is 0 Å². The van der Waals surface area contributed by atoms with Crippen LogP contribution in [0.15, 0.2) is 6.20 Å². The van der Waals surface area contributed by atoms with E-state index >= 15 is 0 Å². The fourth-order valence-electron chi connectivity index (χ4n) is 1.32. The summed E-state index contributed by atoms with van der Waals surface area (Å²) in [5, 5.41) is 0. The van der Waals surface area contributed by atoms with Gasteiger partial charge < -0.3 is 10.5 Å². The number of ether oxygens (including phenoxy) is 1. The first-order valence-corrected chi connectivity index (χ1v) is 5.64. The molecule has 0 bridgehead atoms. The monoisotopic (exact) mass is 237 g/mol. The summed E-state index contributed by atoms with van der Waals surface area (Å²) in [7, 11) is 0. The van der Waals surface area contributed by atoms with Crippen LogP contribution in [0.2, 0.25) is 0 Å². The second-order valence-corrected chi connectivity index (χ2v) is 4.23. The van der Waals surface area contributed by atoms with Gasteiger partial charge in [-0.1, -0.05) is 0 Å². The summed E-state index contributed by atoms with van der Waals surface area (Å²) in [5.74, 6) is -0.414. The largest absolute Gasteiger partial charge is 0.462 e. The zero-order chi connectivity index (χ0) is 11.7. The van der Waals surface area contributed by atoms with E-state index in [1.165, 1.54) is 11.3 Å². The van der Waals surface area contributed by atoms with Gasteiger partial charge >= 0.3 is 5.97 Å². The maximum atomic E-state index is 11.6. The van der Waals surface area contributed by atoms with Crippen LogP contribution in [0.5, 0.6) is 0 Å². The van der Waals surface area contributed by atoms with Crippen molar-refractivity contribution < 1.29 is 9.53 Å². The van der Waals surface area contributed by atoms with Crippen molar-refractivity contribution in [2.75, 3.05) is 12.3 Å². The van der Waals surface area contributed by atoms with Crippen molar-refractivity contribution in [2.45, 2.75) is 13.8 Å². The molecule has 2 heterocycles. The molecule has 0 spiro atoms. The van der Waals surface area contributed by atoms with Gasteiger partial charge in [0, 0.05) is 6.20 Å². The van der Waals surface area contributed by atoms with Crippen LogP contribution < -0.4 is 5.73 Å². The van der Waals surface area contributed by atoms with Gasteiger partial charge in [0.2, 0.25) is 0 Å². The van der Waals surface area contributed by atoms with E-state index in [1.54, 1.807) is 13.1 Å². The third kappa shape index (κ3) is 1.71. The van der Waals surface area contributed by atoms with Gasteiger partial charge in [-0.2, -0.15) is 0 Å². The Kier molecular flexibility index (Phi) is 2.74. The van der Waals surface area contributed by atoms with Gasteiger partial charge in [0.05, 0.1) is 18.0 Å². The smallest absolute Gasteiger partial charge is 0.350 e. The summed E-state index contributed by atoms with van der Waals surface area (Å²) in [6.07, 6.45) is 1.63. The molecule has 0 aliphatic heterocycles. The summed E-state index contributed by atoms with van der Waals surface area (Å²) in [6, 6.07) is 0. The summed E-state index contributed by atoms with van der Waals surface area (Å²) >= 11 is 1.21. The molecule has 6 heteroatoms. The molecule has 84 valence electrons. The molecule has 2 aromatic rings. The zero-order valence-electron chi connectivity index (χ0n) is 8.98. The van der Waals surface area contributed by atoms with E-state index < -0.39 is 5.97 Å². The first kappa shape index (κ1) is 10.8. The standard InChI is InChI=1S/C10H11N3O2S/c1-3-15-10(14)8-6(11)7-9(16-8)13-5(2)4-12-7/h4H,3,11H2,1-2H3. The van der Waals surface area contributed by atoms with Crippen molar-refractivity contribution >= 4 is 33.3 Å². The second-order valence-electron chi connectivity index (χ2n) is 3.23. The first-order valence-electron chi connectivity index (χ1n) is 4.82. The normalized spacial score (nSPS) is 10.6. The molecule has 0 unspecified atom stereocenters. The summed E-state index contributed by atoms with van der Waals surface area (Å²) in [4.78, 5) is 21.0. The highest BCUT2D eigenvalue weighted by Gasteiger charge is 2.18. The third-order valence-electron chi connectivity index (χ3n) is 2.02. The van der Waals surface area contributed by atoms with E-state index in [0.717, 1.165) is 5.69 Å². The summed E-state index contributed by atoms with van der Waals surface area (Å²) in [6.45, 7) is 3.92. The highest BCUT2D eigenvalue weighted by Crippen LogP contribution is 2.31. The van der Waals surface area contributed by atoms with E-state index in [1.807, 2.05) is 6.92 Å². The third-order valence-corrected chi connectivity index (χ3v) is 3.09. The van der Waals surface area contributed by atoms with Crippen LogP contribution >= 0.6 is 11.3 Å². The fourth-order valence-corrected chi connectivity index (χ4v) is 2.31. The van der Waals surface area contributed by atoms with Crippen molar-refractivity contribution in [3.63, 3.8) is 0 Å². The van der Waals surface area contributed by atoms with E-state index in [0.29, 0.717) is 27.5 Å². The Morgan fingerprint density at radius 1 is 1.62 bits per heavy atom.